The molecule has 14 aromatic rings. The Kier molecular flexibility index (Phi) is 21.0. The molecule has 1 atom stereocenters. The summed E-state index contributed by atoms with van der Waals surface area (Å²) < 4.78 is 10.3. The van der Waals surface area contributed by atoms with E-state index in [0.29, 0.717) is 36.4 Å². The van der Waals surface area contributed by atoms with Crippen LogP contribution in [-0.4, -0.2) is 60.4 Å². The number of carbonyl (C=O) groups excluding carboxylic acids is 4. The zero-order valence-corrected chi connectivity index (χ0v) is 56.3. The molecule has 1 fully saturated rings. The van der Waals surface area contributed by atoms with Gasteiger partial charge in [-0.1, -0.05) is 242 Å². The number of carbonyl (C=O) groups is 4. The van der Waals surface area contributed by atoms with E-state index in [-0.39, 0.29) is 40.7 Å². The summed E-state index contributed by atoms with van der Waals surface area (Å²) in [5, 5.41) is 50.3. The molecule has 10 N–H and O–H groups in total. The molecule has 4 heterocycles. The molecule has 516 valence electrons. The fourth-order valence-corrected chi connectivity index (χ4v) is 12.7. The molecule has 2 aromatic heterocycles. The Hall–Kier alpha value is -14.3. The number of hydrogen-bond donors (Lipinski definition) is 9. The number of phenols is 4. The van der Waals surface area contributed by atoms with Gasteiger partial charge in [0.2, 0.25) is 0 Å². The Morgan fingerprint density at radius 3 is 1.16 bits per heavy atom. The Balaban J connectivity index is 0.000000124. The van der Waals surface area contributed by atoms with Gasteiger partial charge in [0, 0.05) is 42.0 Å². The van der Waals surface area contributed by atoms with E-state index in [1.165, 1.54) is 6.08 Å². The Morgan fingerprint density at radius 1 is 0.381 bits per heavy atom. The molecule has 0 aliphatic carbocycles. The lowest BCUT2D eigenvalue weighted by atomic mass is 9.91. The third kappa shape index (κ3) is 17.1. The van der Waals surface area contributed by atoms with E-state index in [2.05, 4.69) is 56.4 Å². The molecule has 1 saturated heterocycles. The van der Waals surface area contributed by atoms with E-state index in [9.17, 15) is 44.4 Å². The van der Waals surface area contributed by atoms with Gasteiger partial charge in [-0.2, -0.15) is 0 Å². The highest BCUT2D eigenvalue weighted by molar-refractivity contribution is 6.16. The van der Waals surface area contributed by atoms with Crippen LogP contribution in [0.4, 0.5) is 10.6 Å². The van der Waals surface area contributed by atoms with E-state index in [1.807, 2.05) is 194 Å². The van der Waals surface area contributed by atoms with E-state index in [1.54, 1.807) is 79.2 Å². The molecule has 0 saturated carbocycles. The van der Waals surface area contributed by atoms with Gasteiger partial charge in [-0.3, -0.25) is 30.0 Å². The normalized spacial score (nSPS) is 12.8. The van der Waals surface area contributed by atoms with Crippen LogP contribution in [0.15, 0.2) is 329 Å². The van der Waals surface area contributed by atoms with E-state index < -0.39 is 17.8 Å². The van der Waals surface area contributed by atoms with Gasteiger partial charge >= 0.3 is 11.8 Å². The minimum atomic E-state index is -0.611. The number of nitrogens with two attached hydrogens (primary N) is 1. The molecule has 2 aliphatic rings. The summed E-state index contributed by atoms with van der Waals surface area (Å²) >= 11 is 0. The number of imide groups is 2. The number of nitrogens with zero attached hydrogens (tertiary/aromatic N) is 1. The van der Waals surface area contributed by atoms with Gasteiger partial charge in [-0.25, -0.2) is 9.59 Å². The number of phenolic OH excluding ortho intramolecular Hbond substituents is 4. The smallest absolute Gasteiger partial charge is 0.416 e. The third-order valence-electron chi connectivity index (χ3n) is 17.7. The monoisotopic (exact) mass is 1380 g/mol. The highest BCUT2D eigenvalue weighted by Crippen LogP contribution is 2.39. The number of H-pyrrole nitrogens is 1. The fourth-order valence-electron chi connectivity index (χ4n) is 12.7. The number of oxazole rings is 1. The number of amides is 5. The summed E-state index contributed by atoms with van der Waals surface area (Å²) in [6, 6.07) is 91.7. The molecular weight excluding hydrogens is 1320 g/mol. The fraction of sp³-hybridized carbons (Fsp3) is 0.0455. The van der Waals surface area contributed by atoms with Gasteiger partial charge in [-0.15, -0.1) is 0 Å². The van der Waals surface area contributed by atoms with Crippen LogP contribution < -0.4 is 27.4 Å². The van der Waals surface area contributed by atoms with Crippen LogP contribution in [0.2, 0.25) is 0 Å². The van der Waals surface area contributed by atoms with Crippen LogP contribution in [0.1, 0.15) is 22.3 Å². The molecule has 12 aromatic carbocycles. The Labute approximate surface area is 603 Å². The largest absolute Gasteiger partial charge is 0.508 e. The van der Waals surface area contributed by atoms with Gasteiger partial charge in [0.15, 0.2) is 11.6 Å². The first kappa shape index (κ1) is 69.2. The molecule has 17 nitrogen and oxygen atoms in total. The molecule has 5 amide bonds. The summed E-state index contributed by atoms with van der Waals surface area (Å²) in [7, 11) is 0. The lowest BCUT2D eigenvalue weighted by Crippen LogP contribution is -2.31. The van der Waals surface area contributed by atoms with Crippen LogP contribution >= 0.6 is 0 Å². The molecule has 1 unspecified atom stereocenters. The van der Waals surface area contributed by atoms with Crippen molar-refractivity contribution < 1.29 is 48.5 Å². The number of hydrogen-bond acceptors (Lipinski definition) is 13. The predicted octanol–water partition coefficient (Wildman–Crippen LogP) is 16.9. The minimum absolute atomic E-state index is 0.178. The van der Waals surface area contributed by atoms with E-state index >= 15 is 0 Å². The maximum atomic E-state index is 12.0. The first-order chi connectivity index (χ1) is 51.1. The quantitative estimate of drug-likeness (QED) is 0.0341. The van der Waals surface area contributed by atoms with Crippen LogP contribution in [0.3, 0.4) is 0 Å². The van der Waals surface area contributed by atoms with Crippen molar-refractivity contribution in [1.82, 2.24) is 26.1 Å². The average Bonchev–Trinajstić information content (AvgIpc) is 1.79. The van der Waals surface area contributed by atoms with Gasteiger partial charge in [0.1, 0.15) is 35.3 Å². The topological polar surface area (TPSA) is 283 Å². The summed E-state index contributed by atoms with van der Waals surface area (Å²) in [6.45, 7) is 0. The van der Waals surface area contributed by atoms with Crippen LogP contribution in [0, 0.1) is 0 Å². The molecular formula is C88H68N6O11. The number of nitrogen functional groups attached to an aromatic ring is 1. The van der Waals surface area contributed by atoms with Crippen molar-refractivity contribution in [2.45, 2.75) is 25.3 Å². The van der Waals surface area contributed by atoms with Crippen molar-refractivity contribution in [3.05, 3.63) is 348 Å². The van der Waals surface area contributed by atoms with Crippen molar-refractivity contribution in [2.75, 3.05) is 5.73 Å². The molecule has 0 radical (unpaired) electrons. The average molecular weight is 1390 g/mol. The highest BCUT2D eigenvalue weighted by atomic mass is 16.5. The molecule has 16 rings (SSSR count). The number of urea groups is 1. The highest BCUT2D eigenvalue weighted by Gasteiger charge is 2.31. The summed E-state index contributed by atoms with van der Waals surface area (Å²) in [6.07, 6.45) is 5.78. The number of aromatic amines is 1. The van der Waals surface area contributed by atoms with Gasteiger partial charge in [0.05, 0.1) is 6.20 Å². The van der Waals surface area contributed by atoms with Crippen molar-refractivity contribution in [3.8, 4) is 123 Å². The van der Waals surface area contributed by atoms with E-state index in [4.69, 9.17) is 14.7 Å². The van der Waals surface area contributed by atoms with Crippen LogP contribution in [0.5, 0.6) is 23.0 Å². The second-order valence-corrected chi connectivity index (χ2v) is 24.9. The lowest BCUT2D eigenvalue weighted by molar-refractivity contribution is -0.124. The molecule has 17 heteroatoms. The zero-order valence-electron chi connectivity index (χ0n) is 56.3. The lowest BCUT2D eigenvalue weighted by Gasteiger charge is -2.15. The zero-order chi connectivity index (χ0) is 72.8. The van der Waals surface area contributed by atoms with Crippen molar-refractivity contribution in [2.24, 2.45) is 0 Å². The Morgan fingerprint density at radius 2 is 0.781 bits per heavy atom. The standard InChI is InChI=1S/C23H17NO3.C22H18N2O3.C22H18N2O2.C21H15NO3/c25-20-8-4-7-17(13-20)21-10-9-16(15-5-2-1-3-6-15)11-18(21)12-19-14-22(26)24-23(19)27;25-18-8-4-7-16(12-18)19-10-9-15(14-5-2-1-3-6-14)11-17(19)13-20-21(26)24-22(27)23-20;23-22-19(14-26-24-22)12-18-11-16(15-5-2-1-3-6-15)9-10-21(18)17-7-4-8-20(25)13-17;23-17-8-4-7-16(11-17)18-10-9-15(14-5-2-1-3-6-14)12-19(18)20-13-22-21(24)25-20/h1-11,13-14,25H,12H2,(H,24,26,27);1-12,20,25H,13H2,(H2,23,24,26,27);1-11,13-14,25H,12H2,(H2,23,24);1-13,23H,(H,22,24). The SMILES string of the molecule is Nc1nocc1Cc1cc(-c2ccccc2)ccc1-c1cccc(O)c1.O=C1C=C(Cc2cc(-c3ccccc3)ccc2-c2cccc(O)c2)C(=O)N1.O=C1NC(=O)C(Cc2cc(-c3ccccc3)ccc2-c2cccc(O)c2)N1.O=c1[nH]cc(-c2cc(-c3ccccc3)ccc2-c2cccc(O)c2)o1. The van der Waals surface area contributed by atoms with Gasteiger partial charge < -0.3 is 40.4 Å². The summed E-state index contributed by atoms with van der Waals surface area (Å²) in [4.78, 5) is 61.0. The van der Waals surface area contributed by atoms with Crippen molar-refractivity contribution in [1.29, 1.82) is 0 Å². The first-order valence-corrected chi connectivity index (χ1v) is 33.6. The molecule has 0 bridgehead atoms. The van der Waals surface area contributed by atoms with Gasteiger partial charge in [0.25, 0.3) is 17.7 Å². The number of aromatic hydroxyl groups is 4. The number of anilines is 1. The van der Waals surface area contributed by atoms with Crippen molar-refractivity contribution in [3.63, 3.8) is 0 Å². The molecule has 0 spiro atoms. The number of aromatic nitrogens is 2. The van der Waals surface area contributed by atoms with Crippen molar-refractivity contribution >= 4 is 29.6 Å². The second kappa shape index (κ2) is 31.9. The third-order valence-corrected chi connectivity index (χ3v) is 17.7. The maximum Gasteiger partial charge on any atom is 0.416 e. The second-order valence-electron chi connectivity index (χ2n) is 24.9. The van der Waals surface area contributed by atoms with Crippen LogP contribution in [-0.2, 0) is 33.6 Å². The summed E-state index contributed by atoms with van der Waals surface area (Å²) in [5.41, 5.74) is 26.7. The minimum Gasteiger partial charge on any atom is -0.508 e. The molecule has 105 heavy (non-hydrogen) atoms. The maximum absolute atomic E-state index is 12.0. The predicted molar refractivity (Wildman–Crippen MR) is 407 cm³/mol. The first-order valence-electron chi connectivity index (χ1n) is 33.6. The van der Waals surface area contributed by atoms with Crippen LogP contribution in [0.25, 0.3) is 100 Å². The number of nitrogens with one attached hydrogen (secondary N) is 4. The van der Waals surface area contributed by atoms with E-state index in [0.717, 1.165) is 117 Å². The Bertz CT molecular complexity index is 5580. The number of benzene rings is 12. The van der Waals surface area contributed by atoms with Gasteiger partial charge in [-0.05, 0) is 160 Å². The summed E-state index contributed by atoms with van der Waals surface area (Å²) in [5.74, 6) is 0.0828. The number of rotatable bonds is 15. The molecule has 2 aliphatic heterocycles.